The topological polar surface area (TPSA) is 75.9 Å². The molecule has 0 aliphatic heterocycles. The van der Waals surface area contributed by atoms with Gasteiger partial charge in [0.25, 0.3) is 5.91 Å². The molecule has 2 aromatic rings. The zero-order chi connectivity index (χ0) is 16.1. The van der Waals surface area contributed by atoms with Crippen LogP contribution in [0, 0.1) is 0 Å². The van der Waals surface area contributed by atoms with Gasteiger partial charge in [-0.2, -0.15) is 0 Å². The van der Waals surface area contributed by atoms with Gasteiger partial charge in [0.05, 0.1) is 6.26 Å². The molecule has 0 radical (unpaired) electrons. The van der Waals surface area contributed by atoms with Crippen LogP contribution in [-0.4, -0.2) is 17.7 Å². The average Bonchev–Trinajstić information content (AvgIpc) is 3.01. The maximum absolute atomic E-state index is 12.2. The van der Waals surface area contributed by atoms with Crippen LogP contribution in [0.25, 0.3) is 0 Å². The highest BCUT2D eigenvalue weighted by Crippen LogP contribution is 2.12. The van der Waals surface area contributed by atoms with Crippen LogP contribution < -0.4 is 10.6 Å². The van der Waals surface area contributed by atoms with Crippen molar-refractivity contribution < 1.29 is 19.3 Å². The van der Waals surface area contributed by atoms with E-state index in [1.165, 1.54) is 6.92 Å². The first-order valence-electron chi connectivity index (χ1n) is 7.27. The summed E-state index contributed by atoms with van der Waals surface area (Å²) < 4.78 is 5.34. The quantitative estimate of drug-likeness (QED) is 0.803. The van der Waals surface area contributed by atoms with Crippen LogP contribution in [0.4, 0.5) is 5.69 Å². The fraction of sp³-hybridized carbons (Fsp3) is 0.294. The number of anilines is 1. The molecule has 3 N–H and O–H groups in total. The third-order valence-corrected chi connectivity index (χ3v) is 3.52. The van der Waals surface area contributed by atoms with Crippen LogP contribution >= 0.6 is 0 Å². The lowest BCUT2D eigenvalue weighted by molar-refractivity contribution is -0.711. The van der Waals surface area contributed by atoms with E-state index in [1.54, 1.807) is 30.5 Å². The van der Waals surface area contributed by atoms with Crippen molar-refractivity contribution in [1.82, 2.24) is 0 Å². The largest absolute Gasteiger partial charge is 0.463 e. The number of rotatable bonds is 6. The van der Waals surface area contributed by atoms with Crippen LogP contribution in [0.15, 0.2) is 47.1 Å². The summed E-state index contributed by atoms with van der Waals surface area (Å²) in [5.41, 5.74) is 1.21. The number of carbonyl (C=O) groups is 2. The molecule has 0 aliphatic rings. The van der Waals surface area contributed by atoms with Crippen molar-refractivity contribution in [2.24, 2.45) is 0 Å². The average molecular weight is 301 g/mol. The fourth-order valence-corrected chi connectivity index (χ4v) is 2.24. The third kappa shape index (κ3) is 4.05. The number of amides is 1. The van der Waals surface area contributed by atoms with Crippen molar-refractivity contribution >= 4 is 17.4 Å². The standard InChI is InChI=1S/C17H20N2O3/c1-11(16-8-5-9-22-16)18-12(2)17(21)19-15-7-4-6-14(10-15)13(3)20/h4-12,18H,1-3H3,(H,19,21)/p+1/t11-,12+/m1/s1. The van der Waals surface area contributed by atoms with Crippen LogP contribution in [0.2, 0.25) is 0 Å². The molecule has 0 unspecified atom stereocenters. The lowest BCUT2D eigenvalue weighted by Crippen LogP contribution is -2.91. The SMILES string of the molecule is CC(=O)c1cccc(NC(=O)[C@H](C)[NH2+][C@H](C)c2ccco2)c1. The minimum Gasteiger partial charge on any atom is -0.463 e. The van der Waals surface area contributed by atoms with Crippen LogP contribution in [0.3, 0.4) is 0 Å². The summed E-state index contributed by atoms with van der Waals surface area (Å²) in [5.74, 6) is 0.694. The van der Waals surface area contributed by atoms with E-state index in [-0.39, 0.29) is 23.8 Å². The molecule has 0 saturated heterocycles. The highest BCUT2D eigenvalue weighted by atomic mass is 16.3. The second-order valence-electron chi connectivity index (χ2n) is 5.41. The third-order valence-electron chi connectivity index (χ3n) is 3.52. The van der Waals surface area contributed by atoms with Gasteiger partial charge in [-0.05, 0) is 45.0 Å². The lowest BCUT2D eigenvalue weighted by atomic mass is 10.1. The number of Topliss-reactive ketones (excluding diaryl/α,β-unsaturated/α-hetero) is 1. The maximum Gasteiger partial charge on any atom is 0.282 e. The van der Waals surface area contributed by atoms with E-state index in [4.69, 9.17) is 4.42 Å². The molecule has 2 rings (SSSR count). The van der Waals surface area contributed by atoms with E-state index in [0.29, 0.717) is 11.3 Å². The first-order valence-corrected chi connectivity index (χ1v) is 7.27. The first-order chi connectivity index (χ1) is 10.5. The predicted molar refractivity (Wildman–Crippen MR) is 83.6 cm³/mol. The Labute approximate surface area is 129 Å². The number of nitrogens with two attached hydrogens (primary N) is 1. The molecule has 2 atom stereocenters. The van der Waals surface area contributed by atoms with Crippen LogP contribution in [-0.2, 0) is 4.79 Å². The number of benzene rings is 1. The molecule has 0 aliphatic carbocycles. The zero-order valence-corrected chi connectivity index (χ0v) is 13.0. The van der Waals surface area contributed by atoms with E-state index in [0.717, 1.165) is 5.76 Å². The summed E-state index contributed by atoms with van der Waals surface area (Å²) in [5, 5.41) is 4.77. The number of furan rings is 1. The van der Waals surface area contributed by atoms with Gasteiger partial charge in [-0.1, -0.05) is 12.1 Å². The highest BCUT2D eigenvalue weighted by molar-refractivity contribution is 5.97. The minimum atomic E-state index is -0.277. The molecule has 0 bridgehead atoms. The Balaban J connectivity index is 1.96. The van der Waals surface area contributed by atoms with E-state index < -0.39 is 0 Å². The molecule has 1 heterocycles. The maximum atomic E-state index is 12.2. The van der Waals surface area contributed by atoms with Gasteiger partial charge in [0.2, 0.25) is 0 Å². The molecule has 5 nitrogen and oxygen atoms in total. The molecule has 1 aromatic carbocycles. The highest BCUT2D eigenvalue weighted by Gasteiger charge is 2.21. The van der Waals surface area contributed by atoms with E-state index >= 15 is 0 Å². The smallest absolute Gasteiger partial charge is 0.282 e. The minimum absolute atomic E-state index is 0.0258. The van der Waals surface area contributed by atoms with Gasteiger partial charge < -0.3 is 15.1 Å². The lowest BCUT2D eigenvalue weighted by Gasteiger charge is -2.15. The van der Waals surface area contributed by atoms with Crippen molar-refractivity contribution in [2.75, 3.05) is 5.32 Å². The van der Waals surface area contributed by atoms with Crippen molar-refractivity contribution in [3.8, 4) is 0 Å². The normalized spacial score (nSPS) is 13.4. The fourth-order valence-electron chi connectivity index (χ4n) is 2.24. The second-order valence-corrected chi connectivity index (χ2v) is 5.41. The van der Waals surface area contributed by atoms with E-state index in [2.05, 4.69) is 5.32 Å². The Bertz CT molecular complexity index is 650. The number of quaternary nitrogens is 1. The summed E-state index contributed by atoms with van der Waals surface area (Å²) in [6, 6.07) is 10.4. The summed E-state index contributed by atoms with van der Waals surface area (Å²) in [7, 11) is 0. The van der Waals surface area contributed by atoms with Gasteiger partial charge >= 0.3 is 0 Å². The molecule has 116 valence electrons. The van der Waals surface area contributed by atoms with Crippen LogP contribution in [0.1, 0.15) is 42.9 Å². The molecular weight excluding hydrogens is 280 g/mol. The monoisotopic (exact) mass is 301 g/mol. The van der Waals surface area contributed by atoms with E-state index in [1.807, 2.05) is 31.3 Å². The van der Waals surface area contributed by atoms with Gasteiger partial charge in [-0.3, -0.25) is 9.59 Å². The number of nitrogens with one attached hydrogen (secondary N) is 1. The summed E-state index contributed by atoms with van der Waals surface area (Å²) in [6.45, 7) is 5.32. The van der Waals surface area contributed by atoms with E-state index in [9.17, 15) is 9.59 Å². The second kappa shape index (κ2) is 7.04. The van der Waals surface area contributed by atoms with Crippen molar-refractivity contribution in [3.05, 3.63) is 54.0 Å². The number of carbonyl (C=O) groups excluding carboxylic acids is 2. The van der Waals surface area contributed by atoms with Crippen molar-refractivity contribution in [2.45, 2.75) is 32.9 Å². The van der Waals surface area contributed by atoms with Crippen molar-refractivity contribution in [3.63, 3.8) is 0 Å². The van der Waals surface area contributed by atoms with Gasteiger partial charge in [-0.15, -0.1) is 0 Å². The predicted octanol–water partition coefficient (Wildman–Crippen LogP) is 2.13. The molecule has 0 fully saturated rings. The number of ketones is 1. The van der Waals surface area contributed by atoms with Gasteiger partial charge in [0.1, 0.15) is 6.04 Å². The van der Waals surface area contributed by atoms with Gasteiger partial charge in [0, 0.05) is 11.3 Å². The Morgan fingerprint density at radius 2 is 1.95 bits per heavy atom. The number of hydrogen-bond acceptors (Lipinski definition) is 3. The molecule has 0 saturated carbocycles. The molecular formula is C17H21N2O3+. The Kier molecular flexibility index (Phi) is 5.12. The molecule has 22 heavy (non-hydrogen) atoms. The van der Waals surface area contributed by atoms with Crippen molar-refractivity contribution in [1.29, 1.82) is 0 Å². The van der Waals surface area contributed by atoms with Gasteiger partial charge in [0.15, 0.2) is 17.6 Å². The zero-order valence-electron chi connectivity index (χ0n) is 13.0. The summed E-state index contributed by atoms with van der Waals surface area (Å²) in [4.78, 5) is 23.6. The van der Waals surface area contributed by atoms with Gasteiger partial charge in [-0.25, -0.2) is 0 Å². The van der Waals surface area contributed by atoms with Crippen LogP contribution in [0.5, 0.6) is 0 Å². The Morgan fingerprint density at radius 1 is 1.18 bits per heavy atom. The number of hydrogen-bond donors (Lipinski definition) is 2. The Hall–Kier alpha value is -2.40. The molecule has 5 heteroatoms. The first kappa shape index (κ1) is 16.0. The molecule has 0 spiro atoms. The Morgan fingerprint density at radius 3 is 2.59 bits per heavy atom. The summed E-state index contributed by atoms with van der Waals surface area (Å²) >= 11 is 0. The molecule has 1 amide bonds. The summed E-state index contributed by atoms with van der Waals surface area (Å²) in [6.07, 6.45) is 1.62. The molecule has 1 aromatic heterocycles.